The second kappa shape index (κ2) is 8.46. The highest BCUT2D eigenvalue weighted by atomic mass is 16.2. The van der Waals surface area contributed by atoms with Crippen molar-refractivity contribution in [3.63, 3.8) is 0 Å². The number of aromatic amines is 2. The summed E-state index contributed by atoms with van der Waals surface area (Å²) < 4.78 is 0. The molecule has 4 N–H and O–H groups in total. The van der Waals surface area contributed by atoms with Crippen molar-refractivity contribution in [2.45, 2.75) is 0 Å². The van der Waals surface area contributed by atoms with Crippen molar-refractivity contribution < 1.29 is 9.59 Å². The van der Waals surface area contributed by atoms with E-state index in [4.69, 9.17) is 0 Å². The molecule has 0 bridgehead atoms. The van der Waals surface area contributed by atoms with Gasteiger partial charge in [0.2, 0.25) is 11.3 Å². The number of nitrogens with one attached hydrogen (secondary N) is 4. The van der Waals surface area contributed by atoms with Gasteiger partial charge in [-0.1, -0.05) is 24.3 Å². The third kappa shape index (κ3) is 4.40. The number of para-hydroxylation sites is 1. The first kappa shape index (κ1) is 19.8. The van der Waals surface area contributed by atoms with E-state index in [9.17, 15) is 19.2 Å². The molecule has 0 fully saturated rings. The predicted octanol–water partition coefficient (Wildman–Crippen LogP) is 1.65. The van der Waals surface area contributed by atoms with Crippen LogP contribution in [-0.2, 0) is 4.79 Å². The van der Waals surface area contributed by atoms with Gasteiger partial charge in [-0.15, -0.1) is 0 Å². The molecule has 9 nitrogen and oxygen atoms in total. The average Bonchev–Trinajstić information content (AvgIpc) is 2.78. The molecule has 9 heteroatoms. The molecule has 31 heavy (non-hydrogen) atoms. The van der Waals surface area contributed by atoms with E-state index in [-0.39, 0.29) is 17.7 Å². The van der Waals surface area contributed by atoms with Gasteiger partial charge in [-0.25, -0.2) is 5.10 Å². The Balaban J connectivity index is 1.42. The van der Waals surface area contributed by atoms with Gasteiger partial charge in [0.25, 0.3) is 11.5 Å². The minimum absolute atomic E-state index is 0.0716. The molecule has 0 unspecified atom stereocenters. The van der Waals surface area contributed by atoms with Crippen LogP contribution in [0.1, 0.15) is 10.4 Å². The lowest BCUT2D eigenvalue weighted by Gasteiger charge is -2.09. The highest BCUT2D eigenvalue weighted by molar-refractivity contribution is 6.00. The van der Waals surface area contributed by atoms with Crippen molar-refractivity contribution in [3.8, 4) is 11.3 Å². The number of rotatable bonds is 5. The Morgan fingerprint density at radius 1 is 0.968 bits per heavy atom. The fourth-order valence-corrected chi connectivity index (χ4v) is 3.06. The van der Waals surface area contributed by atoms with E-state index in [0.717, 1.165) is 0 Å². The lowest BCUT2D eigenvalue weighted by atomic mass is 10.1. The number of hydrogen-bond acceptors (Lipinski definition) is 5. The van der Waals surface area contributed by atoms with Crippen LogP contribution >= 0.6 is 0 Å². The van der Waals surface area contributed by atoms with Crippen molar-refractivity contribution in [1.82, 2.24) is 20.5 Å². The van der Waals surface area contributed by atoms with E-state index < -0.39 is 17.2 Å². The lowest BCUT2D eigenvalue weighted by Crippen LogP contribution is -2.35. The van der Waals surface area contributed by atoms with E-state index in [1.165, 1.54) is 12.3 Å². The summed E-state index contributed by atoms with van der Waals surface area (Å²) in [5.74, 6) is -1.11. The fraction of sp³-hybridized carbons (Fsp3) is 0.0455. The third-order valence-electron chi connectivity index (χ3n) is 4.56. The number of amides is 2. The topological polar surface area (TPSA) is 137 Å². The Labute approximate surface area is 175 Å². The minimum Gasteiger partial charge on any atom is -0.360 e. The number of anilines is 1. The van der Waals surface area contributed by atoms with Crippen LogP contribution in [0.25, 0.3) is 22.2 Å². The van der Waals surface area contributed by atoms with Crippen molar-refractivity contribution in [2.75, 3.05) is 11.9 Å². The maximum atomic E-state index is 12.5. The molecule has 2 heterocycles. The molecular formula is C22H17N5O4. The minimum atomic E-state index is -0.645. The fourth-order valence-electron chi connectivity index (χ4n) is 3.06. The van der Waals surface area contributed by atoms with Gasteiger partial charge >= 0.3 is 0 Å². The smallest absolute Gasteiger partial charge is 0.264 e. The maximum Gasteiger partial charge on any atom is 0.264 e. The molecule has 2 amide bonds. The zero-order valence-electron chi connectivity index (χ0n) is 16.1. The molecule has 4 aromatic rings. The number of fused-ring (bicyclic) bond motifs is 1. The molecule has 0 atom stereocenters. The van der Waals surface area contributed by atoms with E-state index in [1.807, 2.05) is 0 Å². The highest BCUT2D eigenvalue weighted by Crippen LogP contribution is 2.19. The lowest BCUT2D eigenvalue weighted by molar-refractivity contribution is -0.115. The predicted molar refractivity (Wildman–Crippen MR) is 116 cm³/mol. The van der Waals surface area contributed by atoms with Gasteiger partial charge in [0.15, 0.2) is 0 Å². The highest BCUT2D eigenvalue weighted by Gasteiger charge is 2.14. The first-order chi connectivity index (χ1) is 15.0. The Bertz CT molecular complexity index is 1390. The number of H-pyrrole nitrogens is 2. The second-order valence-electron chi connectivity index (χ2n) is 6.70. The molecule has 0 aliphatic rings. The van der Waals surface area contributed by atoms with E-state index in [2.05, 4.69) is 25.8 Å². The third-order valence-corrected chi connectivity index (χ3v) is 4.56. The van der Waals surface area contributed by atoms with Crippen LogP contribution in [0.15, 0.2) is 76.4 Å². The summed E-state index contributed by atoms with van der Waals surface area (Å²) in [5.41, 5.74) is 1.56. The molecule has 4 rings (SSSR count). The van der Waals surface area contributed by atoms with E-state index >= 15 is 0 Å². The van der Waals surface area contributed by atoms with Crippen LogP contribution in [0.5, 0.6) is 0 Å². The molecule has 0 saturated heterocycles. The van der Waals surface area contributed by atoms with E-state index in [1.54, 1.807) is 54.6 Å². The molecule has 0 aliphatic heterocycles. The van der Waals surface area contributed by atoms with Crippen molar-refractivity contribution in [2.24, 2.45) is 0 Å². The summed E-state index contributed by atoms with van der Waals surface area (Å²) in [6.07, 6.45) is 1.33. The SMILES string of the molecule is O=C(CNC(=O)c1c[nH]c2ccccc2c1=O)Nc1cccc(-c2ccc(=O)[nH]n2)c1. The summed E-state index contributed by atoms with van der Waals surface area (Å²) in [6, 6.07) is 16.7. The number of hydrogen-bond donors (Lipinski definition) is 4. The number of nitrogens with zero attached hydrogens (tertiary/aromatic N) is 1. The number of carbonyl (C=O) groups is 2. The molecule has 0 saturated carbocycles. The number of pyridine rings is 1. The van der Waals surface area contributed by atoms with Gasteiger partial charge in [0.1, 0.15) is 5.56 Å². The van der Waals surface area contributed by atoms with Gasteiger partial charge in [0.05, 0.1) is 12.2 Å². The second-order valence-corrected chi connectivity index (χ2v) is 6.70. The normalized spacial score (nSPS) is 10.6. The van der Waals surface area contributed by atoms with Crippen LogP contribution in [0.2, 0.25) is 0 Å². The van der Waals surface area contributed by atoms with Crippen LogP contribution in [0.4, 0.5) is 5.69 Å². The van der Waals surface area contributed by atoms with Crippen molar-refractivity contribution in [1.29, 1.82) is 0 Å². The Hall–Kier alpha value is -4.53. The molecule has 2 aromatic carbocycles. The average molecular weight is 415 g/mol. The summed E-state index contributed by atoms with van der Waals surface area (Å²) in [5, 5.41) is 11.8. The quantitative estimate of drug-likeness (QED) is 0.393. The first-order valence-electron chi connectivity index (χ1n) is 9.36. The van der Waals surface area contributed by atoms with Crippen molar-refractivity contribution >= 4 is 28.4 Å². The largest absolute Gasteiger partial charge is 0.360 e. The standard InChI is InChI=1S/C22H17N5O4/c28-19-9-8-17(26-27-19)13-4-3-5-14(10-13)25-20(29)12-24-22(31)16-11-23-18-7-2-1-6-15(18)21(16)30/h1-11H,12H2,(H,23,30)(H,24,31)(H,25,29)(H,27,28). The zero-order chi connectivity index (χ0) is 21.8. The van der Waals surface area contributed by atoms with Crippen LogP contribution in [-0.4, -0.2) is 33.5 Å². The van der Waals surface area contributed by atoms with Gasteiger partial charge in [-0.05, 0) is 30.3 Å². The molecule has 0 aliphatic carbocycles. The summed E-state index contributed by atoms with van der Waals surface area (Å²) >= 11 is 0. The molecule has 2 aromatic heterocycles. The Morgan fingerprint density at radius 2 is 1.81 bits per heavy atom. The van der Waals surface area contributed by atoms with Gasteiger partial charge in [-0.3, -0.25) is 19.2 Å². The number of carbonyl (C=O) groups excluding carboxylic acids is 2. The van der Waals surface area contributed by atoms with Crippen molar-refractivity contribution in [3.05, 3.63) is 93.0 Å². The van der Waals surface area contributed by atoms with Gasteiger partial charge in [0, 0.05) is 34.4 Å². The monoisotopic (exact) mass is 415 g/mol. The van der Waals surface area contributed by atoms with Gasteiger partial charge < -0.3 is 15.6 Å². The number of benzene rings is 2. The molecule has 0 spiro atoms. The number of aromatic nitrogens is 3. The van der Waals surface area contributed by atoms with Crippen LogP contribution in [0.3, 0.4) is 0 Å². The Kier molecular flexibility index (Phi) is 5.39. The van der Waals surface area contributed by atoms with Crippen LogP contribution < -0.4 is 21.6 Å². The first-order valence-corrected chi connectivity index (χ1v) is 9.36. The Morgan fingerprint density at radius 3 is 2.61 bits per heavy atom. The summed E-state index contributed by atoms with van der Waals surface area (Å²) in [7, 11) is 0. The molecular weight excluding hydrogens is 398 g/mol. The maximum absolute atomic E-state index is 12.5. The van der Waals surface area contributed by atoms with E-state index in [0.29, 0.717) is 27.8 Å². The molecule has 154 valence electrons. The van der Waals surface area contributed by atoms with Gasteiger partial charge in [-0.2, -0.15) is 5.10 Å². The zero-order valence-corrected chi connectivity index (χ0v) is 16.1. The molecule has 0 radical (unpaired) electrons. The summed E-state index contributed by atoms with van der Waals surface area (Å²) in [6.45, 7) is -0.313. The van der Waals surface area contributed by atoms with Crippen LogP contribution in [0, 0.1) is 0 Å². The summed E-state index contributed by atoms with van der Waals surface area (Å²) in [4.78, 5) is 51.2.